The lowest BCUT2D eigenvalue weighted by atomic mass is 9.73. The average molecular weight is 646 g/mol. The molecule has 6 heteroatoms. The van der Waals surface area contributed by atoms with E-state index in [1.165, 1.54) is 23.3 Å². The van der Waals surface area contributed by atoms with Gasteiger partial charge in [-0.25, -0.2) is 4.98 Å². The molecule has 0 atom stereocenters. The summed E-state index contributed by atoms with van der Waals surface area (Å²) in [4.78, 5) is 7.57. The first-order chi connectivity index (χ1) is 23.7. The van der Waals surface area contributed by atoms with Gasteiger partial charge in [0.2, 0.25) is 0 Å². The molecule has 0 saturated carbocycles. The molecule has 1 aliphatic rings. The number of aromatic nitrogens is 2. The maximum Gasteiger partial charge on any atom is 0.416 e. The van der Waals surface area contributed by atoms with Crippen LogP contribution >= 0.6 is 0 Å². The number of nitrogens with zero attached hydrogens (tertiary/aromatic N) is 3. The minimum atomic E-state index is -4.43. The molecular weight excluding hydrogens is 615 g/mol. The van der Waals surface area contributed by atoms with Crippen LogP contribution in [-0.4, -0.2) is 9.55 Å². The minimum absolute atomic E-state index is 0.165. The summed E-state index contributed by atoms with van der Waals surface area (Å²) in [5.41, 5.74) is 8.04. The second kappa shape index (κ2) is 10.6. The zero-order valence-corrected chi connectivity index (χ0v) is 26.8. The zero-order valence-electron chi connectivity index (χ0n) is 26.8. The summed E-state index contributed by atoms with van der Waals surface area (Å²) in [6, 6.07) is 47.1. The molecule has 2 heterocycles. The van der Waals surface area contributed by atoms with E-state index in [9.17, 15) is 13.2 Å². The van der Waals surface area contributed by atoms with E-state index < -0.39 is 11.7 Å². The van der Waals surface area contributed by atoms with Gasteiger partial charge in [0.25, 0.3) is 0 Å². The third-order valence-corrected chi connectivity index (χ3v) is 10.0. The van der Waals surface area contributed by atoms with Gasteiger partial charge in [0.1, 0.15) is 5.82 Å². The molecule has 0 fully saturated rings. The molecule has 0 N–H and O–H groups in total. The van der Waals surface area contributed by atoms with Crippen molar-refractivity contribution in [1.29, 1.82) is 0 Å². The molecule has 238 valence electrons. The fourth-order valence-corrected chi connectivity index (χ4v) is 7.66. The van der Waals surface area contributed by atoms with Gasteiger partial charge in [-0.05, 0) is 82.6 Å². The molecule has 1 aromatic heterocycles. The van der Waals surface area contributed by atoms with Crippen molar-refractivity contribution in [2.24, 2.45) is 0 Å². The van der Waals surface area contributed by atoms with E-state index in [4.69, 9.17) is 4.98 Å². The molecule has 49 heavy (non-hydrogen) atoms. The van der Waals surface area contributed by atoms with Gasteiger partial charge in [0, 0.05) is 33.1 Å². The molecule has 0 saturated heterocycles. The Morgan fingerprint density at radius 1 is 0.531 bits per heavy atom. The summed E-state index contributed by atoms with van der Waals surface area (Å²) in [5.74, 6) is 0.656. The lowest BCUT2D eigenvalue weighted by Gasteiger charge is -2.42. The van der Waals surface area contributed by atoms with Gasteiger partial charge < -0.3 is 4.90 Å². The summed E-state index contributed by atoms with van der Waals surface area (Å²) in [5, 5.41) is 4.11. The van der Waals surface area contributed by atoms with Crippen molar-refractivity contribution in [2.75, 3.05) is 4.90 Å². The van der Waals surface area contributed by atoms with Crippen LogP contribution in [0.15, 0.2) is 146 Å². The van der Waals surface area contributed by atoms with Crippen LogP contribution in [0.4, 0.5) is 30.2 Å². The molecule has 8 aromatic rings. The first kappa shape index (κ1) is 29.3. The highest BCUT2D eigenvalue weighted by molar-refractivity contribution is 6.24. The molecule has 1 aliphatic heterocycles. The highest BCUT2D eigenvalue weighted by Gasteiger charge is 2.36. The molecule has 7 aromatic carbocycles. The molecule has 0 unspecified atom stereocenters. The number of hydrogen-bond acceptors (Lipinski definition) is 2. The number of hydrogen-bond donors (Lipinski definition) is 0. The van der Waals surface area contributed by atoms with Crippen LogP contribution in [-0.2, 0) is 11.6 Å². The Morgan fingerprint density at radius 3 is 1.61 bits per heavy atom. The van der Waals surface area contributed by atoms with Crippen molar-refractivity contribution in [3.63, 3.8) is 0 Å². The predicted molar refractivity (Wildman–Crippen MR) is 193 cm³/mol. The molecule has 3 nitrogen and oxygen atoms in total. The van der Waals surface area contributed by atoms with Gasteiger partial charge in [0.15, 0.2) is 0 Å². The third-order valence-electron chi connectivity index (χ3n) is 10.0. The Labute approximate surface area is 281 Å². The van der Waals surface area contributed by atoms with Crippen LogP contribution in [0.25, 0.3) is 49.7 Å². The van der Waals surface area contributed by atoms with Gasteiger partial charge >= 0.3 is 6.18 Å². The van der Waals surface area contributed by atoms with Gasteiger partial charge in [-0.3, -0.25) is 4.57 Å². The molecule has 0 spiro atoms. The van der Waals surface area contributed by atoms with E-state index in [-0.39, 0.29) is 5.41 Å². The Morgan fingerprint density at radius 2 is 1.02 bits per heavy atom. The van der Waals surface area contributed by atoms with Gasteiger partial charge in [-0.15, -0.1) is 0 Å². The topological polar surface area (TPSA) is 21.1 Å². The molecular formula is C43H30F3N3. The Bertz CT molecular complexity index is 2510. The van der Waals surface area contributed by atoms with E-state index >= 15 is 0 Å². The van der Waals surface area contributed by atoms with E-state index in [1.807, 2.05) is 28.8 Å². The summed E-state index contributed by atoms with van der Waals surface area (Å²) < 4.78 is 42.9. The van der Waals surface area contributed by atoms with Crippen LogP contribution in [0, 0.1) is 0 Å². The van der Waals surface area contributed by atoms with Crippen LogP contribution in [0.1, 0.15) is 30.5 Å². The van der Waals surface area contributed by atoms with E-state index in [1.54, 1.807) is 0 Å². The maximum absolute atomic E-state index is 13.6. The van der Waals surface area contributed by atoms with E-state index in [0.717, 1.165) is 67.3 Å². The second-order valence-corrected chi connectivity index (χ2v) is 13.1. The van der Waals surface area contributed by atoms with E-state index in [2.05, 4.69) is 116 Å². The first-order valence-corrected chi connectivity index (χ1v) is 16.3. The standard InChI is InChI=1S/C43H30F3N3/c1-42(2)35-15-7-9-17-37(35)48(38-18-10-8-16-36(38)42)29-23-19-27(20-24-29)41-47-39-33-13-5-3-11-31(33)32-12-4-6-14-34(32)40(39)49(41)30-25-21-28(22-26-30)43(44,45)46/h3-26H,1-2H3. The lowest BCUT2D eigenvalue weighted by molar-refractivity contribution is -0.137. The fourth-order valence-electron chi connectivity index (χ4n) is 7.66. The van der Waals surface area contributed by atoms with Crippen molar-refractivity contribution in [2.45, 2.75) is 25.4 Å². The molecule has 0 amide bonds. The molecule has 0 radical (unpaired) electrons. The van der Waals surface area contributed by atoms with E-state index in [0.29, 0.717) is 11.5 Å². The summed E-state index contributed by atoms with van der Waals surface area (Å²) in [6.45, 7) is 4.54. The average Bonchev–Trinajstić information content (AvgIpc) is 3.53. The number of alkyl halides is 3. The van der Waals surface area contributed by atoms with Gasteiger partial charge in [-0.2, -0.15) is 13.2 Å². The number of para-hydroxylation sites is 2. The van der Waals surface area contributed by atoms with Crippen molar-refractivity contribution >= 4 is 49.6 Å². The van der Waals surface area contributed by atoms with Crippen LogP contribution in [0.2, 0.25) is 0 Å². The number of rotatable bonds is 3. The van der Waals surface area contributed by atoms with Gasteiger partial charge in [-0.1, -0.05) is 98.8 Å². The Balaban J connectivity index is 1.27. The normalized spacial score (nSPS) is 13.9. The maximum atomic E-state index is 13.6. The number of anilines is 3. The molecule has 9 rings (SSSR count). The van der Waals surface area contributed by atoms with Crippen molar-refractivity contribution in [3.05, 3.63) is 162 Å². The second-order valence-electron chi connectivity index (χ2n) is 13.1. The van der Waals surface area contributed by atoms with Crippen molar-refractivity contribution in [1.82, 2.24) is 9.55 Å². The quantitative estimate of drug-likeness (QED) is 0.178. The molecule has 0 bridgehead atoms. The number of imidazole rings is 1. The van der Waals surface area contributed by atoms with Crippen LogP contribution in [0.3, 0.4) is 0 Å². The number of fused-ring (bicyclic) bond motifs is 8. The SMILES string of the molecule is CC1(C)c2ccccc2N(c2ccc(-c3nc4c5ccccc5c5ccccc5c4n3-c3ccc(C(F)(F)F)cc3)cc2)c2ccccc21. The summed E-state index contributed by atoms with van der Waals surface area (Å²) >= 11 is 0. The minimum Gasteiger partial charge on any atom is -0.310 e. The van der Waals surface area contributed by atoms with Crippen LogP contribution in [0.5, 0.6) is 0 Å². The van der Waals surface area contributed by atoms with Crippen LogP contribution < -0.4 is 4.90 Å². The largest absolute Gasteiger partial charge is 0.416 e. The Kier molecular flexibility index (Phi) is 6.31. The third kappa shape index (κ3) is 4.40. The number of benzene rings is 7. The lowest BCUT2D eigenvalue weighted by Crippen LogP contribution is -2.30. The summed E-state index contributed by atoms with van der Waals surface area (Å²) in [6.07, 6.45) is -4.43. The monoisotopic (exact) mass is 645 g/mol. The first-order valence-electron chi connectivity index (χ1n) is 16.3. The Hall–Kier alpha value is -5.88. The highest BCUT2D eigenvalue weighted by Crippen LogP contribution is 2.52. The summed E-state index contributed by atoms with van der Waals surface area (Å²) in [7, 11) is 0. The fraction of sp³-hybridized carbons (Fsp3) is 0.0930. The molecule has 0 aliphatic carbocycles. The van der Waals surface area contributed by atoms with Gasteiger partial charge in [0.05, 0.1) is 28.0 Å². The smallest absolute Gasteiger partial charge is 0.310 e. The number of halogens is 3. The zero-order chi connectivity index (χ0) is 33.5. The van der Waals surface area contributed by atoms with Crippen molar-refractivity contribution in [3.8, 4) is 17.1 Å². The predicted octanol–water partition coefficient (Wildman–Crippen LogP) is 12.1. The highest BCUT2D eigenvalue weighted by atomic mass is 19.4. The van der Waals surface area contributed by atoms with Crippen molar-refractivity contribution < 1.29 is 13.2 Å².